The molecular formula is C19H18ClNO3S. The number of amides is 1. The molecule has 130 valence electrons. The minimum Gasteiger partial charge on any atom is -0.493 e. The topological polar surface area (TPSA) is 38.8 Å². The van der Waals surface area contributed by atoms with Crippen LogP contribution in [0, 0.1) is 0 Å². The van der Waals surface area contributed by atoms with Gasteiger partial charge < -0.3 is 14.4 Å². The average Bonchev–Trinajstić information content (AvgIpc) is 2.98. The van der Waals surface area contributed by atoms with Gasteiger partial charge in [-0.1, -0.05) is 35.9 Å². The van der Waals surface area contributed by atoms with Gasteiger partial charge in [0.25, 0.3) is 5.91 Å². The van der Waals surface area contributed by atoms with E-state index in [9.17, 15) is 4.79 Å². The number of thiophene rings is 1. The first-order chi connectivity index (χ1) is 12.0. The molecule has 0 radical (unpaired) electrons. The van der Waals surface area contributed by atoms with Crippen molar-refractivity contribution >= 4 is 38.9 Å². The highest BCUT2D eigenvalue weighted by Gasteiger charge is 2.20. The summed E-state index contributed by atoms with van der Waals surface area (Å²) in [6.07, 6.45) is 0. The van der Waals surface area contributed by atoms with Crippen LogP contribution >= 0.6 is 22.9 Å². The standard InChI is InChI=1S/C19H18ClNO3S/c1-21(11-12-8-9-14(23-2)15(10-12)24-3)19(22)18-17(20)13-6-4-5-7-16(13)25-18/h4-10H,11H2,1-3H3. The zero-order chi connectivity index (χ0) is 18.0. The number of hydrogen-bond donors (Lipinski definition) is 0. The van der Waals surface area contributed by atoms with E-state index in [-0.39, 0.29) is 5.91 Å². The predicted octanol–water partition coefficient (Wildman–Crippen LogP) is 4.84. The van der Waals surface area contributed by atoms with Gasteiger partial charge in [-0.05, 0) is 23.8 Å². The van der Waals surface area contributed by atoms with Crippen LogP contribution in [0.4, 0.5) is 0 Å². The molecule has 1 heterocycles. The average molecular weight is 376 g/mol. The molecule has 3 aromatic rings. The molecule has 1 aromatic heterocycles. The Balaban J connectivity index is 1.84. The highest BCUT2D eigenvalue weighted by Crippen LogP contribution is 2.36. The highest BCUT2D eigenvalue weighted by atomic mass is 35.5. The second-order valence-corrected chi connectivity index (χ2v) is 7.02. The number of ether oxygens (including phenoxy) is 2. The number of methoxy groups -OCH3 is 2. The summed E-state index contributed by atoms with van der Waals surface area (Å²) in [5.41, 5.74) is 0.950. The molecule has 0 unspecified atom stereocenters. The first-order valence-electron chi connectivity index (χ1n) is 7.68. The molecular weight excluding hydrogens is 358 g/mol. The van der Waals surface area contributed by atoms with Crippen LogP contribution in [-0.2, 0) is 6.54 Å². The third kappa shape index (κ3) is 3.43. The van der Waals surface area contributed by atoms with Crippen LogP contribution in [0.3, 0.4) is 0 Å². The van der Waals surface area contributed by atoms with Gasteiger partial charge in [0.2, 0.25) is 0 Å². The molecule has 0 aliphatic rings. The van der Waals surface area contributed by atoms with E-state index < -0.39 is 0 Å². The molecule has 0 saturated carbocycles. The van der Waals surface area contributed by atoms with Crippen molar-refractivity contribution in [3.05, 3.63) is 57.9 Å². The monoisotopic (exact) mass is 375 g/mol. The van der Waals surface area contributed by atoms with Gasteiger partial charge in [-0.3, -0.25) is 4.79 Å². The number of rotatable bonds is 5. The molecule has 0 fully saturated rings. The lowest BCUT2D eigenvalue weighted by Gasteiger charge is -2.18. The lowest BCUT2D eigenvalue weighted by molar-refractivity contribution is 0.0790. The number of hydrogen-bond acceptors (Lipinski definition) is 4. The van der Waals surface area contributed by atoms with Gasteiger partial charge in [-0.15, -0.1) is 11.3 Å². The second kappa shape index (κ2) is 7.33. The van der Waals surface area contributed by atoms with Gasteiger partial charge in [-0.25, -0.2) is 0 Å². The Morgan fingerprint density at radius 2 is 1.84 bits per heavy atom. The summed E-state index contributed by atoms with van der Waals surface area (Å²) in [5, 5.41) is 1.43. The lowest BCUT2D eigenvalue weighted by atomic mass is 10.2. The zero-order valence-corrected chi connectivity index (χ0v) is 15.8. The normalized spacial score (nSPS) is 10.7. The molecule has 0 atom stereocenters. The van der Waals surface area contributed by atoms with Gasteiger partial charge >= 0.3 is 0 Å². The van der Waals surface area contributed by atoms with E-state index in [1.807, 2.05) is 42.5 Å². The van der Waals surface area contributed by atoms with Crippen molar-refractivity contribution < 1.29 is 14.3 Å². The number of nitrogens with zero attached hydrogens (tertiary/aromatic N) is 1. The summed E-state index contributed by atoms with van der Waals surface area (Å²) in [7, 11) is 4.95. The summed E-state index contributed by atoms with van der Waals surface area (Å²) in [6.45, 7) is 0.448. The molecule has 1 amide bonds. The summed E-state index contributed by atoms with van der Waals surface area (Å²) in [4.78, 5) is 15.0. The van der Waals surface area contributed by atoms with Crippen LogP contribution in [0.5, 0.6) is 11.5 Å². The molecule has 0 aliphatic heterocycles. The Kier molecular flexibility index (Phi) is 5.16. The van der Waals surface area contributed by atoms with E-state index in [0.717, 1.165) is 15.6 Å². The van der Waals surface area contributed by atoms with Crippen LogP contribution < -0.4 is 9.47 Å². The van der Waals surface area contributed by atoms with Crippen molar-refractivity contribution in [1.29, 1.82) is 0 Å². The Hall–Kier alpha value is -2.24. The SMILES string of the molecule is COc1ccc(CN(C)C(=O)c2sc3ccccc3c2Cl)cc1OC. The maximum Gasteiger partial charge on any atom is 0.265 e. The van der Waals surface area contributed by atoms with Crippen LogP contribution in [0.1, 0.15) is 15.2 Å². The van der Waals surface area contributed by atoms with Gasteiger partial charge in [0.1, 0.15) is 4.88 Å². The number of halogens is 1. The summed E-state index contributed by atoms with van der Waals surface area (Å²) >= 11 is 7.83. The van der Waals surface area contributed by atoms with Crippen molar-refractivity contribution in [3.63, 3.8) is 0 Å². The fourth-order valence-corrected chi connectivity index (χ4v) is 4.16. The first kappa shape index (κ1) is 17.6. The quantitative estimate of drug-likeness (QED) is 0.640. The van der Waals surface area contributed by atoms with Gasteiger partial charge in [0, 0.05) is 23.7 Å². The van der Waals surface area contributed by atoms with E-state index in [4.69, 9.17) is 21.1 Å². The summed E-state index contributed by atoms with van der Waals surface area (Å²) in [6, 6.07) is 13.4. The van der Waals surface area contributed by atoms with Gasteiger partial charge in [0.05, 0.1) is 19.2 Å². The molecule has 2 aromatic carbocycles. The van der Waals surface area contributed by atoms with Crippen molar-refractivity contribution in [2.24, 2.45) is 0 Å². The molecule has 0 saturated heterocycles. The van der Waals surface area contributed by atoms with E-state index in [2.05, 4.69) is 0 Å². The second-order valence-electron chi connectivity index (χ2n) is 5.59. The predicted molar refractivity (Wildman–Crippen MR) is 102 cm³/mol. The van der Waals surface area contributed by atoms with E-state index >= 15 is 0 Å². The number of benzene rings is 2. The maximum atomic E-state index is 12.8. The highest BCUT2D eigenvalue weighted by molar-refractivity contribution is 7.21. The minimum atomic E-state index is -0.0963. The lowest BCUT2D eigenvalue weighted by Crippen LogP contribution is -2.25. The van der Waals surface area contributed by atoms with Crippen molar-refractivity contribution in [2.45, 2.75) is 6.54 Å². The third-order valence-corrected chi connectivity index (χ3v) is 5.61. The summed E-state index contributed by atoms with van der Waals surface area (Å²) < 4.78 is 11.6. The molecule has 6 heteroatoms. The van der Waals surface area contributed by atoms with Crippen molar-refractivity contribution in [3.8, 4) is 11.5 Å². The molecule has 0 bridgehead atoms. The minimum absolute atomic E-state index is 0.0963. The Bertz CT molecular complexity index is 922. The van der Waals surface area contributed by atoms with Crippen molar-refractivity contribution in [1.82, 2.24) is 4.90 Å². The molecule has 4 nitrogen and oxygen atoms in total. The Morgan fingerprint density at radius 1 is 1.12 bits per heavy atom. The van der Waals surface area contributed by atoms with Crippen molar-refractivity contribution in [2.75, 3.05) is 21.3 Å². The van der Waals surface area contributed by atoms with E-state index in [1.54, 1.807) is 26.2 Å². The molecule has 0 N–H and O–H groups in total. The van der Waals surface area contributed by atoms with E-state index in [0.29, 0.717) is 27.9 Å². The number of fused-ring (bicyclic) bond motifs is 1. The molecule has 0 aliphatic carbocycles. The Morgan fingerprint density at radius 3 is 2.52 bits per heavy atom. The van der Waals surface area contributed by atoms with E-state index in [1.165, 1.54) is 11.3 Å². The van der Waals surface area contributed by atoms with Crippen LogP contribution in [0.15, 0.2) is 42.5 Å². The zero-order valence-electron chi connectivity index (χ0n) is 14.2. The number of carbonyl (C=O) groups is 1. The van der Waals surface area contributed by atoms with Gasteiger partial charge in [-0.2, -0.15) is 0 Å². The Labute approximate surface area is 155 Å². The first-order valence-corrected chi connectivity index (χ1v) is 8.88. The maximum absolute atomic E-state index is 12.8. The molecule has 0 spiro atoms. The fraction of sp³-hybridized carbons (Fsp3) is 0.211. The fourth-order valence-electron chi connectivity index (χ4n) is 2.65. The molecule has 25 heavy (non-hydrogen) atoms. The van der Waals surface area contributed by atoms with Crippen LogP contribution in [-0.4, -0.2) is 32.1 Å². The van der Waals surface area contributed by atoms with Crippen LogP contribution in [0.2, 0.25) is 5.02 Å². The third-order valence-electron chi connectivity index (χ3n) is 3.94. The smallest absolute Gasteiger partial charge is 0.265 e. The summed E-state index contributed by atoms with van der Waals surface area (Å²) in [5.74, 6) is 1.20. The van der Waals surface area contributed by atoms with Crippen LogP contribution in [0.25, 0.3) is 10.1 Å². The molecule has 3 rings (SSSR count). The largest absolute Gasteiger partial charge is 0.493 e. The van der Waals surface area contributed by atoms with Gasteiger partial charge in [0.15, 0.2) is 11.5 Å². The number of carbonyl (C=O) groups excluding carboxylic acids is 1.